The number of rotatable bonds is 3. The van der Waals surface area contributed by atoms with Crippen molar-refractivity contribution in [3.05, 3.63) is 16.8 Å². The molecule has 0 bridgehead atoms. The van der Waals surface area contributed by atoms with E-state index in [1.54, 1.807) is 0 Å². The Morgan fingerprint density at radius 2 is 2.16 bits per heavy atom. The second-order valence-electron chi connectivity index (χ2n) is 4.94. The normalized spacial score (nSPS) is 19.3. The van der Waals surface area contributed by atoms with Crippen molar-refractivity contribution in [3.63, 3.8) is 0 Å². The van der Waals surface area contributed by atoms with Crippen LogP contribution in [0.25, 0.3) is 0 Å². The van der Waals surface area contributed by atoms with Gasteiger partial charge in [0, 0.05) is 25.7 Å². The van der Waals surface area contributed by atoms with Crippen molar-refractivity contribution in [2.24, 2.45) is 0 Å². The lowest BCUT2D eigenvalue weighted by molar-refractivity contribution is 0.480. The second kappa shape index (κ2) is 5.98. The molecule has 5 heteroatoms. The summed E-state index contributed by atoms with van der Waals surface area (Å²) in [6.07, 6.45) is 1.65. The van der Waals surface area contributed by atoms with Crippen LogP contribution in [0.3, 0.4) is 0 Å². The molecule has 0 unspecified atom stereocenters. The van der Waals surface area contributed by atoms with E-state index in [1.165, 1.54) is 0 Å². The zero-order valence-corrected chi connectivity index (χ0v) is 11.9. The summed E-state index contributed by atoms with van der Waals surface area (Å²) >= 11 is 0. The summed E-state index contributed by atoms with van der Waals surface area (Å²) in [5.41, 5.74) is 2.72. The van der Waals surface area contributed by atoms with Crippen molar-refractivity contribution >= 4 is 5.82 Å². The molecule has 1 saturated heterocycles. The Balaban J connectivity index is 2.43. The molecule has 0 saturated carbocycles. The van der Waals surface area contributed by atoms with E-state index in [0.29, 0.717) is 11.6 Å². The average molecular weight is 259 g/mol. The number of nitrogens with one attached hydrogen (secondary N) is 1. The van der Waals surface area contributed by atoms with Crippen molar-refractivity contribution in [1.29, 1.82) is 5.26 Å². The average Bonchev–Trinajstić information content (AvgIpc) is 2.45. The third-order valence-corrected chi connectivity index (χ3v) is 3.61. The van der Waals surface area contributed by atoms with Crippen LogP contribution < -0.4 is 10.2 Å². The van der Waals surface area contributed by atoms with Crippen molar-refractivity contribution in [2.45, 2.75) is 39.7 Å². The smallest absolute Gasteiger partial charge is 0.169 e. The number of aryl methyl sites for hydroxylation is 1. The highest BCUT2D eigenvalue weighted by Crippen LogP contribution is 2.23. The van der Waals surface area contributed by atoms with Crippen LogP contribution in [-0.4, -0.2) is 35.9 Å². The molecule has 0 radical (unpaired) electrons. The number of hydrogen-bond acceptors (Lipinski definition) is 5. The summed E-state index contributed by atoms with van der Waals surface area (Å²) in [7, 11) is 0. The lowest BCUT2D eigenvalue weighted by atomic mass is 10.0. The molecule has 19 heavy (non-hydrogen) atoms. The SMILES string of the molecule is CCc1nnc(N2CCN[C@H](C)C2)c(C#N)c1CC. The zero-order valence-electron chi connectivity index (χ0n) is 11.9. The van der Waals surface area contributed by atoms with E-state index < -0.39 is 0 Å². The van der Waals surface area contributed by atoms with Gasteiger partial charge in [0.05, 0.1) is 5.69 Å². The van der Waals surface area contributed by atoms with Crippen LogP contribution in [0.2, 0.25) is 0 Å². The van der Waals surface area contributed by atoms with E-state index in [9.17, 15) is 5.26 Å². The fourth-order valence-corrected chi connectivity index (χ4v) is 2.63. The minimum absolute atomic E-state index is 0.415. The molecule has 0 aromatic carbocycles. The van der Waals surface area contributed by atoms with Gasteiger partial charge in [0.25, 0.3) is 0 Å². The summed E-state index contributed by atoms with van der Waals surface area (Å²) in [6, 6.07) is 2.75. The summed E-state index contributed by atoms with van der Waals surface area (Å²) in [5, 5.41) is 21.5. The highest BCUT2D eigenvalue weighted by Gasteiger charge is 2.22. The maximum atomic E-state index is 9.49. The molecule has 1 aromatic heterocycles. The predicted molar refractivity (Wildman–Crippen MR) is 75.2 cm³/mol. The van der Waals surface area contributed by atoms with Crippen LogP contribution in [0, 0.1) is 11.3 Å². The first-order chi connectivity index (χ1) is 9.21. The number of aromatic nitrogens is 2. The minimum atomic E-state index is 0.415. The van der Waals surface area contributed by atoms with Crippen LogP contribution in [0.4, 0.5) is 5.82 Å². The number of nitrogens with zero attached hydrogens (tertiary/aromatic N) is 4. The first kappa shape index (κ1) is 13.8. The van der Waals surface area contributed by atoms with Gasteiger partial charge in [-0.15, -0.1) is 5.10 Å². The Hall–Kier alpha value is -1.67. The van der Waals surface area contributed by atoms with Crippen LogP contribution in [0.5, 0.6) is 0 Å². The van der Waals surface area contributed by atoms with Gasteiger partial charge in [-0.25, -0.2) is 0 Å². The first-order valence-electron chi connectivity index (χ1n) is 6.98. The molecular formula is C14H21N5. The molecule has 2 heterocycles. The standard InChI is InChI=1S/C14H21N5/c1-4-11-12(8-15)14(18-17-13(11)5-2)19-7-6-16-10(3)9-19/h10,16H,4-7,9H2,1-3H3/t10-/m1/s1. The molecule has 0 spiro atoms. The van der Waals surface area contributed by atoms with Crippen molar-refractivity contribution in [1.82, 2.24) is 15.5 Å². The number of nitriles is 1. The van der Waals surface area contributed by atoms with Crippen LogP contribution in [0.1, 0.15) is 37.6 Å². The van der Waals surface area contributed by atoms with Crippen molar-refractivity contribution in [3.8, 4) is 6.07 Å². The molecule has 2 rings (SSSR count). The van der Waals surface area contributed by atoms with Crippen molar-refractivity contribution in [2.75, 3.05) is 24.5 Å². The van der Waals surface area contributed by atoms with Crippen LogP contribution in [-0.2, 0) is 12.8 Å². The lowest BCUT2D eigenvalue weighted by Crippen LogP contribution is -2.50. The van der Waals surface area contributed by atoms with E-state index in [1.807, 2.05) is 0 Å². The zero-order chi connectivity index (χ0) is 13.8. The van der Waals surface area contributed by atoms with Gasteiger partial charge in [-0.1, -0.05) is 13.8 Å². The van der Waals surface area contributed by atoms with E-state index >= 15 is 0 Å². The Labute approximate surface area is 114 Å². The van der Waals surface area contributed by atoms with Gasteiger partial charge in [-0.2, -0.15) is 10.4 Å². The molecule has 1 aromatic rings. The topological polar surface area (TPSA) is 64.8 Å². The van der Waals surface area contributed by atoms with E-state index in [0.717, 1.165) is 49.6 Å². The summed E-state index contributed by atoms with van der Waals surface area (Å²) in [6.45, 7) is 8.94. The van der Waals surface area contributed by atoms with Crippen LogP contribution in [0.15, 0.2) is 0 Å². The molecule has 0 amide bonds. The minimum Gasteiger partial charge on any atom is -0.351 e. The number of piperazine rings is 1. The molecule has 0 aliphatic carbocycles. The van der Waals surface area contributed by atoms with Crippen LogP contribution >= 0.6 is 0 Å². The Morgan fingerprint density at radius 1 is 1.37 bits per heavy atom. The molecule has 1 fully saturated rings. The Morgan fingerprint density at radius 3 is 2.74 bits per heavy atom. The molecular weight excluding hydrogens is 238 g/mol. The van der Waals surface area contributed by atoms with Gasteiger partial charge in [-0.05, 0) is 25.3 Å². The first-order valence-corrected chi connectivity index (χ1v) is 6.98. The van der Waals surface area contributed by atoms with Gasteiger partial charge < -0.3 is 10.2 Å². The van der Waals surface area contributed by atoms with Crippen molar-refractivity contribution < 1.29 is 0 Å². The summed E-state index contributed by atoms with van der Waals surface area (Å²) in [5.74, 6) is 0.755. The van der Waals surface area contributed by atoms with Gasteiger partial charge in [0.2, 0.25) is 0 Å². The molecule has 102 valence electrons. The monoisotopic (exact) mass is 259 g/mol. The second-order valence-corrected chi connectivity index (χ2v) is 4.94. The van der Waals surface area contributed by atoms with E-state index in [-0.39, 0.29) is 0 Å². The molecule has 5 nitrogen and oxygen atoms in total. The highest BCUT2D eigenvalue weighted by atomic mass is 15.3. The highest BCUT2D eigenvalue weighted by molar-refractivity contribution is 5.58. The quantitative estimate of drug-likeness (QED) is 0.885. The van der Waals surface area contributed by atoms with Gasteiger partial charge in [0.1, 0.15) is 11.6 Å². The van der Waals surface area contributed by atoms with Gasteiger partial charge >= 0.3 is 0 Å². The third kappa shape index (κ3) is 2.69. The molecule has 1 aliphatic heterocycles. The van der Waals surface area contributed by atoms with E-state index in [2.05, 4.69) is 47.3 Å². The van der Waals surface area contributed by atoms with Gasteiger partial charge in [-0.3, -0.25) is 0 Å². The number of hydrogen-bond donors (Lipinski definition) is 1. The Kier molecular flexibility index (Phi) is 4.33. The largest absolute Gasteiger partial charge is 0.351 e. The Bertz CT molecular complexity index is 491. The maximum Gasteiger partial charge on any atom is 0.169 e. The number of anilines is 1. The third-order valence-electron chi connectivity index (χ3n) is 3.61. The maximum absolute atomic E-state index is 9.49. The molecule has 1 N–H and O–H groups in total. The molecule has 1 aliphatic rings. The molecule has 1 atom stereocenters. The predicted octanol–water partition coefficient (Wildman–Crippen LogP) is 1.27. The van der Waals surface area contributed by atoms with E-state index in [4.69, 9.17) is 0 Å². The summed E-state index contributed by atoms with van der Waals surface area (Å²) < 4.78 is 0. The summed E-state index contributed by atoms with van der Waals surface area (Å²) in [4.78, 5) is 2.17. The van der Waals surface area contributed by atoms with Gasteiger partial charge in [0.15, 0.2) is 5.82 Å². The fourth-order valence-electron chi connectivity index (χ4n) is 2.63. The lowest BCUT2D eigenvalue weighted by Gasteiger charge is -2.33. The fraction of sp³-hybridized carbons (Fsp3) is 0.643.